The van der Waals surface area contributed by atoms with E-state index in [0.717, 1.165) is 6.42 Å². The number of hydrogen-bond donors (Lipinski definition) is 1. The summed E-state index contributed by atoms with van der Waals surface area (Å²) in [7, 11) is 1.64. The monoisotopic (exact) mass is 217 g/mol. The van der Waals surface area contributed by atoms with Crippen molar-refractivity contribution < 1.29 is 14.3 Å². The first-order chi connectivity index (χ1) is 7.17. The molecule has 0 aromatic heterocycles. The summed E-state index contributed by atoms with van der Waals surface area (Å²) in [6.45, 7) is 7.63. The summed E-state index contributed by atoms with van der Waals surface area (Å²) in [5, 5.41) is 3.16. The number of esters is 1. The molecule has 0 bridgehead atoms. The molecular formula is C11H23NO3. The number of nitrogens with one attached hydrogen (secondary N) is 1. The van der Waals surface area contributed by atoms with E-state index in [4.69, 9.17) is 9.47 Å². The molecule has 4 nitrogen and oxygen atoms in total. The van der Waals surface area contributed by atoms with Crippen molar-refractivity contribution in [3.63, 3.8) is 0 Å². The number of methoxy groups -OCH3 is 1. The van der Waals surface area contributed by atoms with Crippen molar-refractivity contribution in [2.45, 2.75) is 33.2 Å². The van der Waals surface area contributed by atoms with Crippen molar-refractivity contribution in [1.29, 1.82) is 0 Å². The topological polar surface area (TPSA) is 47.6 Å². The summed E-state index contributed by atoms with van der Waals surface area (Å²) < 4.78 is 9.95. The quantitative estimate of drug-likeness (QED) is 0.490. The van der Waals surface area contributed by atoms with Crippen LogP contribution in [0.1, 0.15) is 27.2 Å². The standard InChI is InChI=1S/C11H23NO3/c1-5-9(3)10(11(13)15-6-2)12-7-8-14-4/h9-10,12H,5-8H2,1-4H3. The Balaban J connectivity index is 4.11. The van der Waals surface area contributed by atoms with Crippen LogP contribution in [0.4, 0.5) is 0 Å². The normalized spacial score (nSPS) is 14.7. The van der Waals surface area contributed by atoms with Crippen LogP contribution in [0.15, 0.2) is 0 Å². The smallest absolute Gasteiger partial charge is 0.323 e. The van der Waals surface area contributed by atoms with Crippen molar-refractivity contribution >= 4 is 5.97 Å². The molecule has 0 rings (SSSR count). The first-order valence-corrected chi connectivity index (χ1v) is 5.56. The highest BCUT2D eigenvalue weighted by Crippen LogP contribution is 2.09. The Morgan fingerprint density at radius 2 is 2.07 bits per heavy atom. The Labute approximate surface area is 92.3 Å². The fourth-order valence-corrected chi connectivity index (χ4v) is 1.30. The van der Waals surface area contributed by atoms with Gasteiger partial charge in [-0.25, -0.2) is 0 Å². The van der Waals surface area contributed by atoms with Crippen molar-refractivity contribution in [2.75, 3.05) is 26.9 Å². The molecule has 0 aliphatic heterocycles. The molecule has 0 saturated heterocycles. The third kappa shape index (κ3) is 5.74. The summed E-state index contributed by atoms with van der Waals surface area (Å²) in [6, 6.07) is -0.218. The van der Waals surface area contributed by atoms with Gasteiger partial charge in [0.25, 0.3) is 0 Å². The molecule has 15 heavy (non-hydrogen) atoms. The maximum Gasteiger partial charge on any atom is 0.323 e. The molecule has 0 amide bonds. The Bertz CT molecular complexity index is 173. The summed E-state index contributed by atoms with van der Waals surface area (Å²) >= 11 is 0. The SMILES string of the molecule is CCOC(=O)C(NCCOC)C(C)CC. The van der Waals surface area contributed by atoms with Crippen molar-refractivity contribution in [3.05, 3.63) is 0 Å². The minimum absolute atomic E-state index is 0.164. The van der Waals surface area contributed by atoms with Gasteiger partial charge >= 0.3 is 5.97 Å². The molecule has 0 aromatic rings. The van der Waals surface area contributed by atoms with Crippen LogP contribution in [0.25, 0.3) is 0 Å². The van der Waals surface area contributed by atoms with Gasteiger partial charge in [0, 0.05) is 13.7 Å². The zero-order valence-electron chi connectivity index (χ0n) is 10.2. The van der Waals surface area contributed by atoms with Gasteiger partial charge in [-0.2, -0.15) is 0 Å². The van der Waals surface area contributed by atoms with Crippen LogP contribution in [-0.4, -0.2) is 38.9 Å². The summed E-state index contributed by atoms with van der Waals surface area (Å²) in [5.41, 5.74) is 0. The van der Waals surface area contributed by atoms with E-state index in [1.807, 2.05) is 13.8 Å². The highest BCUT2D eigenvalue weighted by Gasteiger charge is 2.24. The zero-order chi connectivity index (χ0) is 11.7. The van der Waals surface area contributed by atoms with E-state index in [2.05, 4.69) is 12.2 Å². The molecule has 0 aliphatic rings. The highest BCUT2D eigenvalue weighted by molar-refractivity contribution is 5.76. The summed E-state index contributed by atoms with van der Waals surface area (Å²) in [6.07, 6.45) is 0.948. The van der Waals surface area contributed by atoms with E-state index >= 15 is 0 Å². The second-order valence-electron chi connectivity index (χ2n) is 3.56. The highest BCUT2D eigenvalue weighted by atomic mass is 16.5. The summed E-state index contributed by atoms with van der Waals surface area (Å²) in [4.78, 5) is 11.6. The lowest BCUT2D eigenvalue weighted by molar-refractivity contribution is -0.147. The van der Waals surface area contributed by atoms with Crippen LogP contribution in [0.3, 0.4) is 0 Å². The lowest BCUT2D eigenvalue weighted by atomic mass is 9.99. The molecule has 90 valence electrons. The third-order valence-electron chi connectivity index (χ3n) is 2.42. The Hall–Kier alpha value is -0.610. The molecule has 0 radical (unpaired) electrons. The van der Waals surface area contributed by atoms with Crippen LogP contribution < -0.4 is 5.32 Å². The molecule has 2 atom stereocenters. The van der Waals surface area contributed by atoms with Gasteiger partial charge in [0.1, 0.15) is 6.04 Å². The number of ether oxygens (including phenoxy) is 2. The third-order valence-corrected chi connectivity index (χ3v) is 2.42. The van der Waals surface area contributed by atoms with Crippen molar-refractivity contribution in [1.82, 2.24) is 5.32 Å². The van der Waals surface area contributed by atoms with Gasteiger partial charge in [0.15, 0.2) is 0 Å². The average Bonchev–Trinajstić information content (AvgIpc) is 2.23. The van der Waals surface area contributed by atoms with Crippen LogP contribution in [0, 0.1) is 5.92 Å². The molecule has 0 aliphatic carbocycles. The maximum atomic E-state index is 11.6. The molecule has 0 aromatic carbocycles. The van der Waals surface area contributed by atoms with E-state index in [1.165, 1.54) is 0 Å². The van der Waals surface area contributed by atoms with Crippen molar-refractivity contribution in [3.8, 4) is 0 Å². The maximum absolute atomic E-state index is 11.6. The van der Waals surface area contributed by atoms with Gasteiger partial charge in [-0.3, -0.25) is 4.79 Å². The Kier molecular flexibility index (Phi) is 8.33. The van der Waals surface area contributed by atoms with E-state index in [1.54, 1.807) is 7.11 Å². The first-order valence-electron chi connectivity index (χ1n) is 5.56. The molecule has 0 saturated carbocycles. The van der Waals surface area contributed by atoms with Gasteiger partial charge in [-0.15, -0.1) is 0 Å². The molecule has 2 unspecified atom stereocenters. The van der Waals surface area contributed by atoms with Crippen LogP contribution in [-0.2, 0) is 14.3 Å². The van der Waals surface area contributed by atoms with Crippen molar-refractivity contribution in [2.24, 2.45) is 5.92 Å². The van der Waals surface area contributed by atoms with Gasteiger partial charge in [-0.05, 0) is 12.8 Å². The molecule has 0 fully saturated rings. The van der Waals surface area contributed by atoms with E-state index < -0.39 is 0 Å². The Morgan fingerprint density at radius 3 is 2.53 bits per heavy atom. The lowest BCUT2D eigenvalue weighted by Crippen LogP contribution is -2.44. The number of hydrogen-bond acceptors (Lipinski definition) is 4. The Morgan fingerprint density at radius 1 is 1.40 bits per heavy atom. The fraction of sp³-hybridized carbons (Fsp3) is 0.909. The van der Waals surface area contributed by atoms with E-state index in [-0.39, 0.29) is 17.9 Å². The van der Waals surface area contributed by atoms with Gasteiger partial charge in [-0.1, -0.05) is 20.3 Å². The van der Waals surface area contributed by atoms with Gasteiger partial charge < -0.3 is 14.8 Å². The number of rotatable bonds is 8. The molecule has 4 heteroatoms. The fourth-order valence-electron chi connectivity index (χ4n) is 1.30. The zero-order valence-corrected chi connectivity index (χ0v) is 10.2. The molecule has 1 N–H and O–H groups in total. The van der Waals surface area contributed by atoms with Gasteiger partial charge in [0.2, 0.25) is 0 Å². The van der Waals surface area contributed by atoms with E-state index in [9.17, 15) is 4.79 Å². The predicted octanol–water partition coefficient (Wildman–Crippen LogP) is 1.20. The van der Waals surface area contributed by atoms with Crippen LogP contribution in [0.5, 0.6) is 0 Å². The number of carbonyl (C=O) groups is 1. The second kappa shape index (κ2) is 8.68. The minimum Gasteiger partial charge on any atom is -0.465 e. The predicted molar refractivity (Wildman–Crippen MR) is 59.8 cm³/mol. The number of carbonyl (C=O) groups excluding carboxylic acids is 1. The largest absolute Gasteiger partial charge is 0.465 e. The van der Waals surface area contributed by atoms with Crippen LogP contribution in [0.2, 0.25) is 0 Å². The van der Waals surface area contributed by atoms with Crippen LogP contribution >= 0.6 is 0 Å². The molecule has 0 heterocycles. The minimum atomic E-state index is -0.218. The average molecular weight is 217 g/mol. The summed E-state index contributed by atoms with van der Waals surface area (Å²) in [5.74, 6) is 0.115. The second-order valence-corrected chi connectivity index (χ2v) is 3.56. The molecular weight excluding hydrogens is 194 g/mol. The van der Waals surface area contributed by atoms with Gasteiger partial charge in [0.05, 0.1) is 13.2 Å². The lowest BCUT2D eigenvalue weighted by Gasteiger charge is -2.22. The molecule has 0 spiro atoms. The van der Waals surface area contributed by atoms with E-state index in [0.29, 0.717) is 19.8 Å². The first kappa shape index (κ1) is 14.4.